The molecule has 108 valence electrons. The molecule has 1 unspecified atom stereocenters. The van der Waals surface area contributed by atoms with E-state index in [1.807, 2.05) is 0 Å². The maximum absolute atomic E-state index is 11.9. The third-order valence-corrected chi connectivity index (χ3v) is 2.64. The smallest absolute Gasteiger partial charge is 0.401 e. The number of para-hydroxylation sites is 1. The molecule has 0 radical (unpaired) electrons. The molecule has 0 aliphatic carbocycles. The van der Waals surface area contributed by atoms with Gasteiger partial charge in [0, 0.05) is 6.54 Å². The molecule has 19 heavy (non-hydrogen) atoms. The third kappa shape index (κ3) is 6.33. The van der Waals surface area contributed by atoms with Crippen LogP contribution in [-0.2, 0) is 0 Å². The van der Waals surface area contributed by atoms with E-state index in [0.29, 0.717) is 0 Å². The molecule has 1 aromatic carbocycles. The van der Waals surface area contributed by atoms with E-state index in [0.717, 1.165) is 0 Å². The predicted molar refractivity (Wildman–Crippen MR) is 66.9 cm³/mol. The van der Waals surface area contributed by atoms with Crippen molar-refractivity contribution in [2.45, 2.75) is 12.3 Å². The van der Waals surface area contributed by atoms with Crippen molar-refractivity contribution in [2.24, 2.45) is 0 Å². The zero-order valence-electron chi connectivity index (χ0n) is 9.68. The van der Waals surface area contributed by atoms with Crippen molar-refractivity contribution < 1.29 is 23.0 Å². The minimum Gasteiger partial charge on any atom is -0.488 e. The van der Waals surface area contributed by atoms with Crippen LogP contribution in [0.2, 0.25) is 10.0 Å². The van der Waals surface area contributed by atoms with Gasteiger partial charge in [-0.2, -0.15) is 13.2 Å². The molecule has 0 aromatic heterocycles. The van der Waals surface area contributed by atoms with Crippen LogP contribution in [0.3, 0.4) is 0 Å². The molecule has 1 rings (SSSR count). The zero-order chi connectivity index (χ0) is 14.5. The number of benzene rings is 1. The van der Waals surface area contributed by atoms with E-state index < -0.39 is 18.8 Å². The van der Waals surface area contributed by atoms with Gasteiger partial charge in [-0.05, 0) is 12.1 Å². The molecule has 0 spiro atoms. The Kier molecular flexibility index (Phi) is 6.19. The molecule has 0 fully saturated rings. The number of alkyl halides is 3. The number of hydrogen-bond acceptors (Lipinski definition) is 3. The first-order valence-corrected chi connectivity index (χ1v) is 6.07. The zero-order valence-corrected chi connectivity index (χ0v) is 11.2. The van der Waals surface area contributed by atoms with Crippen LogP contribution in [-0.4, -0.2) is 37.1 Å². The van der Waals surface area contributed by atoms with Gasteiger partial charge in [0.05, 0.1) is 16.6 Å². The van der Waals surface area contributed by atoms with E-state index >= 15 is 0 Å². The van der Waals surface area contributed by atoms with Crippen molar-refractivity contribution in [1.82, 2.24) is 5.32 Å². The van der Waals surface area contributed by atoms with Crippen LogP contribution in [0.4, 0.5) is 13.2 Å². The fourth-order valence-electron chi connectivity index (χ4n) is 1.24. The number of rotatable bonds is 6. The average Bonchev–Trinajstić information content (AvgIpc) is 2.26. The second-order valence-electron chi connectivity index (χ2n) is 3.76. The van der Waals surface area contributed by atoms with Gasteiger partial charge in [0.15, 0.2) is 5.75 Å². The summed E-state index contributed by atoms with van der Waals surface area (Å²) in [4.78, 5) is 0. The van der Waals surface area contributed by atoms with Gasteiger partial charge in [-0.15, -0.1) is 0 Å². The summed E-state index contributed by atoms with van der Waals surface area (Å²) in [6.45, 7) is -1.63. The van der Waals surface area contributed by atoms with Crippen molar-refractivity contribution in [3.8, 4) is 5.75 Å². The van der Waals surface area contributed by atoms with Crippen molar-refractivity contribution in [3.05, 3.63) is 28.2 Å². The van der Waals surface area contributed by atoms with E-state index in [-0.39, 0.29) is 28.9 Å². The first kappa shape index (κ1) is 16.4. The summed E-state index contributed by atoms with van der Waals surface area (Å²) in [6, 6.07) is 4.73. The summed E-state index contributed by atoms with van der Waals surface area (Å²) in [6.07, 6.45) is -5.42. The maximum Gasteiger partial charge on any atom is 0.401 e. The number of ether oxygens (including phenoxy) is 1. The first-order chi connectivity index (χ1) is 8.79. The molecule has 2 N–H and O–H groups in total. The van der Waals surface area contributed by atoms with Gasteiger partial charge in [0.1, 0.15) is 12.7 Å². The van der Waals surface area contributed by atoms with Crippen LogP contribution >= 0.6 is 23.2 Å². The fraction of sp³-hybridized carbons (Fsp3) is 0.455. The van der Waals surface area contributed by atoms with E-state index in [2.05, 4.69) is 5.32 Å². The quantitative estimate of drug-likeness (QED) is 0.847. The Bertz CT molecular complexity index is 395. The summed E-state index contributed by atoms with van der Waals surface area (Å²) in [7, 11) is 0. The minimum absolute atomic E-state index is 0.195. The second kappa shape index (κ2) is 7.19. The van der Waals surface area contributed by atoms with Gasteiger partial charge >= 0.3 is 6.18 Å². The van der Waals surface area contributed by atoms with Crippen LogP contribution < -0.4 is 10.1 Å². The molecule has 3 nitrogen and oxygen atoms in total. The molecule has 0 saturated heterocycles. The van der Waals surface area contributed by atoms with Gasteiger partial charge in [-0.3, -0.25) is 0 Å². The number of hydrogen-bond donors (Lipinski definition) is 2. The molecule has 0 amide bonds. The maximum atomic E-state index is 11.9. The molecule has 1 aromatic rings. The molecule has 8 heteroatoms. The number of halogens is 5. The lowest BCUT2D eigenvalue weighted by atomic mass is 10.3. The Morgan fingerprint density at radius 1 is 1.26 bits per heavy atom. The van der Waals surface area contributed by atoms with Crippen molar-refractivity contribution >= 4 is 23.2 Å². The Hall–Kier alpha value is -0.690. The average molecular weight is 318 g/mol. The molecule has 0 aliphatic rings. The van der Waals surface area contributed by atoms with Crippen molar-refractivity contribution in [2.75, 3.05) is 19.7 Å². The highest BCUT2D eigenvalue weighted by Gasteiger charge is 2.26. The van der Waals surface area contributed by atoms with Gasteiger partial charge in [0.2, 0.25) is 0 Å². The van der Waals surface area contributed by atoms with Crippen LogP contribution in [0, 0.1) is 0 Å². The summed E-state index contributed by atoms with van der Waals surface area (Å²) in [5.41, 5.74) is 0. The van der Waals surface area contributed by atoms with E-state index in [1.165, 1.54) is 0 Å². The topological polar surface area (TPSA) is 41.5 Å². The molecule has 1 atom stereocenters. The summed E-state index contributed by atoms with van der Waals surface area (Å²) in [5.74, 6) is 0.195. The second-order valence-corrected chi connectivity index (χ2v) is 4.58. The minimum atomic E-state index is -4.31. The van der Waals surface area contributed by atoms with Gasteiger partial charge in [-0.1, -0.05) is 29.3 Å². The fourth-order valence-corrected chi connectivity index (χ4v) is 1.75. The highest BCUT2D eigenvalue weighted by molar-refractivity contribution is 6.37. The largest absolute Gasteiger partial charge is 0.488 e. The lowest BCUT2D eigenvalue weighted by Crippen LogP contribution is -2.37. The van der Waals surface area contributed by atoms with Crippen molar-refractivity contribution in [1.29, 1.82) is 0 Å². The van der Waals surface area contributed by atoms with Gasteiger partial charge in [-0.25, -0.2) is 0 Å². The molecule has 0 saturated carbocycles. The highest BCUT2D eigenvalue weighted by atomic mass is 35.5. The first-order valence-electron chi connectivity index (χ1n) is 5.32. The van der Waals surface area contributed by atoms with E-state index in [4.69, 9.17) is 27.9 Å². The number of aliphatic hydroxyl groups is 1. The van der Waals surface area contributed by atoms with Crippen LogP contribution in [0.1, 0.15) is 0 Å². The van der Waals surface area contributed by atoms with Crippen LogP contribution in [0.15, 0.2) is 18.2 Å². The molecular weight excluding hydrogens is 306 g/mol. The Balaban J connectivity index is 2.36. The summed E-state index contributed by atoms with van der Waals surface area (Å²) >= 11 is 11.6. The lowest BCUT2D eigenvalue weighted by Gasteiger charge is -2.15. The van der Waals surface area contributed by atoms with E-state index in [9.17, 15) is 18.3 Å². The summed E-state index contributed by atoms with van der Waals surface area (Å²) < 4.78 is 40.7. The van der Waals surface area contributed by atoms with Crippen LogP contribution in [0.25, 0.3) is 0 Å². The Labute approximate surface area is 118 Å². The van der Waals surface area contributed by atoms with Crippen LogP contribution in [0.5, 0.6) is 5.75 Å². The normalized spacial score (nSPS) is 13.4. The molecular formula is C11H12Cl2F3NO2. The van der Waals surface area contributed by atoms with E-state index in [1.54, 1.807) is 18.2 Å². The predicted octanol–water partition coefficient (Wildman–Crippen LogP) is 2.89. The Morgan fingerprint density at radius 2 is 1.84 bits per heavy atom. The summed E-state index contributed by atoms with van der Waals surface area (Å²) in [5, 5.41) is 12.1. The Morgan fingerprint density at radius 3 is 2.37 bits per heavy atom. The third-order valence-electron chi connectivity index (χ3n) is 2.04. The van der Waals surface area contributed by atoms with Gasteiger partial charge < -0.3 is 15.2 Å². The molecule has 0 aliphatic heterocycles. The standard InChI is InChI=1S/C11H12Cl2F3NO2/c12-8-2-1-3-9(13)10(8)19-5-7(18)4-17-6-11(14,15)16/h1-3,7,17-18H,4-6H2. The molecule has 0 heterocycles. The van der Waals surface area contributed by atoms with Gasteiger partial charge in [0.25, 0.3) is 0 Å². The van der Waals surface area contributed by atoms with Crippen molar-refractivity contribution in [3.63, 3.8) is 0 Å². The number of aliphatic hydroxyl groups excluding tert-OH is 1. The molecule has 0 bridgehead atoms. The highest BCUT2D eigenvalue weighted by Crippen LogP contribution is 2.32. The monoisotopic (exact) mass is 317 g/mol. The lowest BCUT2D eigenvalue weighted by molar-refractivity contribution is -0.125. The SMILES string of the molecule is OC(CNCC(F)(F)F)COc1c(Cl)cccc1Cl. The number of nitrogens with one attached hydrogen (secondary N) is 1.